The number of nitrogens with zero attached hydrogens (tertiary/aromatic N) is 1. The van der Waals surface area contributed by atoms with E-state index >= 15 is 0 Å². The van der Waals surface area contributed by atoms with Gasteiger partial charge in [-0.2, -0.15) is 0 Å². The predicted molar refractivity (Wildman–Crippen MR) is 106 cm³/mol. The van der Waals surface area contributed by atoms with E-state index < -0.39 is 14.8 Å². The molecule has 0 fully saturated rings. The Hall–Kier alpha value is -2.21. The van der Waals surface area contributed by atoms with Crippen LogP contribution >= 0.6 is 22.6 Å². The Morgan fingerprint density at radius 3 is 2.54 bits per heavy atom. The first-order chi connectivity index (χ1) is 12.2. The number of hydrogen-bond acceptors (Lipinski definition) is 6. The average molecular weight is 489 g/mol. The van der Waals surface area contributed by atoms with E-state index in [9.17, 15) is 23.3 Å². The fourth-order valence-corrected chi connectivity index (χ4v) is 3.33. The molecule has 0 saturated carbocycles. The lowest BCUT2D eigenvalue weighted by molar-refractivity contribution is -0.384. The van der Waals surface area contributed by atoms with Crippen LogP contribution in [-0.2, 0) is 9.84 Å². The Kier molecular flexibility index (Phi) is 6.53. The van der Waals surface area contributed by atoms with Gasteiger partial charge < -0.3 is 10.6 Å². The van der Waals surface area contributed by atoms with E-state index in [1.165, 1.54) is 12.1 Å². The molecule has 0 bridgehead atoms. The molecule has 0 radical (unpaired) electrons. The zero-order chi connectivity index (χ0) is 19.3. The monoisotopic (exact) mass is 489 g/mol. The highest BCUT2D eigenvalue weighted by Gasteiger charge is 2.18. The lowest BCUT2D eigenvalue weighted by Crippen LogP contribution is -2.28. The van der Waals surface area contributed by atoms with Crippen LogP contribution in [0.3, 0.4) is 0 Å². The van der Waals surface area contributed by atoms with Crippen LogP contribution in [0.4, 0.5) is 11.4 Å². The second kappa shape index (κ2) is 8.45. The van der Waals surface area contributed by atoms with Gasteiger partial charge in [0, 0.05) is 34.5 Å². The fraction of sp³-hybridized carbons (Fsp3) is 0.188. The number of nitro groups is 1. The average Bonchev–Trinajstić information content (AvgIpc) is 2.57. The van der Waals surface area contributed by atoms with Crippen molar-refractivity contribution in [2.45, 2.75) is 4.90 Å². The maximum Gasteiger partial charge on any atom is 0.293 e. The van der Waals surface area contributed by atoms with Crippen LogP contribution in [0, 0.1) is 13.7 Å². The quantitative estimate of drug-likeness (QED) is 0.267. The molecule has 2 aromatic rings. The van der Waals surface area contributed by atoms with Gasteiger partial charge in [0.1, 0.15) is 5.69 Å². The van der Waals surface area contributed by atoms with Gasteiger partial charge in [-0.1, -0.05) is 6.07 Å². The van der Waals surface area contributed by atoms with Crippen molar-refractivity contribution in [3.63, 3.8) is 0 Å². The van der Waals surface area contributed by atoms with Crippen molar-refractivity contribution >= 4 is 49.7 Å². The molecule has 26 heavy (non-hydrogen) atoms. The Bertz CT molecular complexity index is 947. The molecule has 0 unspecified atom stereocenters. The topological polar surface area (TPSA) is 118 Å². The van der Waals surface area contributed by atoms with Gasteiger partial charge in [-0.05, 0) is 52.9 Å². The van der Waals surface area contributed by atoms with E-state index in [1.54, 1.807) is 18.2 Å². The first-order valence-electron chi connectivity index (χ1n) is 7.44. The molecule has 1 amide bonds. The number of hydrogen-bond donors (Lipinski definition) is 2. The summed E-state index contributed by atoms with van der Waals surface area (Å²) in [6, 6.07) is 10.8. The van der Waals surface area contributed by atoms with Crippen LogP contribution < -0.4 is 10.6 Å². The normalized spacial score (nSPS) is 11.0. The van der Waals surface area contributed by atoms with Crippen molar-refractivity contribution < 1.29 is 18.1 Å². The molecule has 0 aromatic heterocycles. The van der Waals surface area contributed by atoms with E-state index in [-0.39, 0.29) is 35.3 Å². The van der Waals surface area contributed by atoms with Crippen molar-refractivity contribution in [1.82, 2.24) is 5.32 Å². The van der Waals surface area contributed by atoms with Crippen LogP contribution in [-0.4, -0.2) is 38.6 Å². The maximum atomic E-state index is 12.0. The molecule has 0 aliphatic rings. The SMILES string of the molecule is CS(=O)(=O)c1ccc(NCCNC(=O)c2cccc(I)c2)c([N+](=O)[O-])c1. The van der Waals surface area contributed by atoms with Crippen LogP contribution in [0.15, 0.2) is 47.4 Å². The number of carbonyl (C=O) groups is 1. The highest BCUT2D eigenvalue weighted by Crippen LogP contribution is 2.27. The number of nitrogens with one attached hydrogen (secondary N) is 2. The summed E-state index contributed by atoms with van der Waals surface area (Å²) in [5.41, 5.74) is 0.378. The third kappa shape index (κ3) is 5.39. The summed E-state index contributed by atoms with van der Waals surface area (Å²) in [7, 11) is -3.54. The summed E-state index contributed by atoms with van der Waals surface area (Å²) in [5, 5.41) is 16.7. The standard InChI is InChI=1S/C16H16IN3O5S/c1-26(24,25)13-5-6-14(15(10-13)20(22)23)18-7-8-19-16(21)11-3-2-4-12(17)9-11/h2-6,9-10,18H,7-8H2,1H3,(H,19,21). The summed E-state index contributed by atoms with van der Waals surface area (Å²) in [4.78, 5) is 22.4. The number of amides is 1. The molecular formula is C16H16IN3O5S. The van der Waals surface area contributed by atoms with Gasteiger partial charge in [0.05, 0.1) is 9.82 Å². The van der Waals surface area contributed by atoms with Gasteiger partial charge in [0.25, 0.3) is 11.6 Å². The van der Waals surface area contributed by atoms with Gasteiger partial charge in [-0.3, -0.25) is 14.9 Å². The lowest BCUT2D eigenvalue weighted by atomic mass is 10.2. The second-order valence-electron chi connectivity index (χ2n) is 5.40. The summed E-state index contributed by atoms with van der Waals surface area (Å²) >= 11 is 2.11. The minimum atomic E-state index is -3.54. The second-order valence-corrected chi connectivity index (χ2v) is 8.66. The molecule has 0 aliphatic heterocycles. The minimum absolute atomic E-state index is 0.123. The number of sulfone groups is 1. The molecule has 8 nitrogen and oxygen atoms in total. The zero-order valence-corrected chi connectivity index (χ0v) is 16.7. The van der Waals surface area contributed by atoms with Crippen LogP contribution in [0.2, 0.25) is 0 Å². The van der Waals surface area contributed by atoms with Gasteiger partial charge >= 0.3 is 0 Å². The van der Waals surface area contributed by atoms with Crippen molar-refractivity contribution in [2.75, 3.05) is 24.7 Å². The molecule has 2 N–H and O–H groups in total. The molecule has 138 valence electrons. The number of benzene rings is 2. The summed E-state index contributed by atoms with van der Waals surface area (Å²) in [6.07, 6.45) is 0.986. The number of anilines is 1. The summed E-state index contributed by atoms with van der Waals surface area (Å²) in [5.74, 6) is -0.243. The van der Waals surface area contributed by atoms with Crippen LogP contribution in [0.5, 0.6) is 0 Å². The van der Waals surface area contributed by atoms with Crippen molar-refractivity contribution in [3.8, 4) is 0 Å². The first kappa shape index (κ1) is 20.1. The Morgan fingerprint density at radius 2 is 1.92 bits per heavy atom. The first-order valence-corrected chi connectivity index (χ1v) is 10.4. The number of halogens is 1. The summed E-state index contributed by atoms with van der Waals surface area (Å²) in [6.45, 7) is 0.490. The van der Waals surface area contributed by atoms with E-state index in [4.69, 9.17) is 0 Å². The highest BCUT2D eigenvalue weighted by molar-refractivity contribution is 14.1. The van der Waals surface area contributed by atoms with Gasteiger partial charge in [-0.15, -0.1) is 0 Å². The van der Waals surface area contributed by atoms with Crippen LogP contribution in [0.25, 0.3) is 0 Å². The van der Waals surface area contributed by atoms with Gasteiger partial charge in [-0.25, -0.2) is 8.42 Å². The number of carbonyl (C=O) groups excluding carboxylic acids is 1. The van der Waals surface area contributed by atoms with E-state index in [0.717, 1.165) is 15.9 Å². The number of nitro benzene ring substituents is 1. The minimum Gasteiger partial charge on any atom is -0.378 e. The third-order valence-electron chi connectivity index (χ3n) is 3.41. The molecule has 2 aromatic carbocycles. The molecule has 10 heteroatoms. The molecule has 0 aliphatic carbocycles. The fourth-order valence-electron chi connectivity index (χ4n) is 2.15. The largest absolute Gasteiger partial charge is 0.378 e. The van der Waals surface area contributed by atoms with Crippen molar-refractivity contribution in [1.29, 1.82) is 0 Å². The van der Waals surface area contributed by atoms with E-state index in [2.05, 4.69) is 33.2 Å². The van der Waals surface area contributed by atoms with Gasteiger partial charge in [0.15, 0.2) is 9.84 Å². The Balaban J connectivity index is 1.99. The third-order valence-corrected chi connectivity index (χ3v) is 5.19. The molecule has 2 rings (SSSR count). The maximum absolute atomic E-state index is 12.0. The summed E-state index contributed by atoms with van der Waals surface area (Å²) < 4.78 is 24.0. The number of rotatable bonds is 7. The van der Waals surface area contributed by atoms with E-state index in [1.807, 2.05) is 6.07 Å². The molecule has 0 saturated heterocycles. The molecule has 0 spiro atoms. The highest BCUT2D eigenvalue weighted by atomic mass is 127. The van der Waals surface area contributed by atoms with Crippen molar-refractivity contribution in [3.05, 3.63) is 61.7 Å². The van der Waals surface area contributed by atoms with Crippen LogP contribution in [0.1, 0.15) is 10.4 Å². The molecule has 0 atom stereocenters. The smallest absolute Gasteiger partial charge is 0.293 e. The van der Waals surface area contributed by atoms with E-state index in [0.29, 0.717) is 5.56 Å². The zero-order valence-electron chi connectivity index (χ0n) is 13.7. The predicted octanol–water partition coefficient (Wildman–Crippen LogP) is 2.44. The lowest BCUT2D eigenvalue weighted by Gasteiger charge is -2.09. The molecular weight excluding hydrogens is 473 g/mol. The van der Waals surface area contributed by atoms with Gasteiger partial charge in [0.2, 0.25) is 0 Å². The Morgan fingerprint density at radius 1 is 1.19 bits per heavy atom. The molecule has 0 heterocycles. The van der Waals surface area contributed by atoms with Crippen molar-refractivity contribution in [2.24, 2.45) is 0 Å². The Labute approximate surface area is 164 Å².